The topological polar surface area (TPSA) is 72.9 Å². The number of primary amides is 1. The first-order valence-corrected chi connectivity index (χ1v) is 7.85. The Morgan fingerprint density at radius 3 is 2.86 bits per heavy atom. The van der Waals surface area contributed by atoms with E-state index < -0.39 is 0 Å². The molecule has 22 heavy (non-hydrogen) atoms. The van der Waals surface area contributed by atoms with Gasteiger partial charge in [0.25, 0.3) is 0 Å². The van der Waals surface area contributed by atoms with Gasteiger partial charge in [-0.15, -0.1) is 0 Å². The lowest BCUT2D eigenvalue weighted by Crippen LogP contribution is -2.25. The lowest BCUT2D eigenvalue weighted by atomic mass is 9.92. The van der Waals surface area contributed by atoms with Crippen LogP contribution in [-0.2, 0) is 19.5 Å². The minimum atomic E-state index is -0.386. The summed E-state index contributed by atoms with van der Waals surface area (Å²) in [5, 5.41) is 8.09. The van der Waals surface area contributed by atoms with Crippen LogP contribution in [0.25, 0.3) is 0 Å². The number of nitrogens with one attached hydrogen (secondary N) is 1. The van der Waals surface area contributed by atoms with Crippen LogP contribution in [-0.4, -0.2) is 15.7 Å². The zero-order valence-electron chi connectivity index (χ0n) is 12.9. The predicted octanol–water partition coefficient (Wildman–Crippen LogP) is 2.17. The molecule has 5 heteroatoms. The van der Waals surface area contributed by atoms with E-state index in [1.807, 2.05) is 18.3 Å². The number of carbonyl (C=O) groups excluding carboxylic acids is 1. The van der Waals surface area contributed by atoms with Gasteiger partial charge in [0.1, 0.15) is 0 Å². The lowest BCUT2D eigenvalue weighted by Gasteiger charge is -2.24. The third kappa shape index (κ3) is 2.90. The summed E-state index contributed by atoms with van der Waals surface area (Å²) in [6, 6.07) is 7.82. The van der Waals surface area contributed by atoms with Crippen molar-refractivity contribution < 1.29 is 4.79 Å². The molecule has 3 N–H and O–H groups in total. The molecule has 3 rings (SSSR count). The number of aryl methyl sites for hydroxylation is 1. The number of amides is 1. The molecule has 1 heterocycles. The van der Waals surface area contributed by atoms with Gasteiger partial charge in [-0.1, -0.05) is 12.1 Å². The largest absolute Gasteiger partial charge is 0.366 e. The molecule has 1 unspecified atom stereocenters. The summed E-state index contributed by atoms with van der Waals surface area (Å²) < 4.78 is 2.10. The molecule has 0 saturated heterocycles. The van der Waals surface area contributed by atoms with Crippen LogP contribution in [0.5, 0.6) is 0 Å². The molecule has 5 nitrogen and oxygen atoms in total. The molecular formula is C17H22N4O. The van der Waals surface area contributed by atoms with Crippen LogP contribution >= 0.6 is 0 Å². The maximum absolute atomic E-state index is 11.1. The zero-order valence-corrected chi connectivity index (χ0v) is 12.9. The average molecular weight is 298 g/mol. The molecule has 1 atom stereocenters. The van der Waals surface area contributed by atoms with E-state index in [0.29, 0.717) is 11.6 Å². The number of benzene rings is 1. The second-order valence-electron chi connectivity index (χ2n) is 5.75. The van der Waals surface area contributed by atoms with E-state index in [4.69, 9.17) is 5.73 Å². The molecule has 0 bridgehead atoms. The number of rotatable bonds is 5. The number of carbonyl (C=O) groups is 1. The first-order valence-electron chi connectivity index (χ1n) is 7.85. The smallest absolute Gasteiger partial charge is 0.248 e. The first kappa shape index (κ1) is 14.8. The number of nitrogens with zero attached hydrogens (tertiary/aromatic N) is 2. The Bertz CT molecular complexity index is 660. The standard InChI is InChI=1S/C17H22N4O/c1-2-21-16-5-3-4-15(14(16)11-20-21)19-10-12-6-8-13(9-7-12)17(18)22/h6-9,11,15,19H,2-5,10H2,1H3,(H2,18,22). The summed E-state index contributed by atoms with van der Waals surface area (Å²) in [5.41, 5.74) is 9.67. The molecule has 1 amide bonds. The summed E-state index contributed by atoms with van der Waals surface area (Å²) in [6.45, 7) is 3.84. The summed E-state index contributed by atoms with van der Waals surface area (Å²) in [6.07, 6.45) is 5.46. The van der Waals surface area contributed by atoms with Gasteiger partial charge in [-0.2, -0.15) is 5.10 Å². The van der Waals surface area contributed by atoms with Gasteiger partial charge in [-0.25, -0.2) is 0 Å². The Hall–Kier alpha value is -2.14. The average Bonchev–Trinajstić information content (AvgIpc) is 2.97. The molecule has 0 saturated carbocycles. The fourth-order valence-corrected chi connectivity index (χ4v) is 3.13. The quantitative estimate of drug-likeness (QED) is 0.888. The first-order chi connectivity index (χ1) is 10.7. The number of hydrogen-bond acceptors (Lipinski definition) is 3. The van der Waals surface area contributed by atoms with E-state index in [9.17, 15) is 4.79 Å². The second-order valence-corrected chi connectivity index (χ2v) is 5.75. The lowest BCUT2D eigenvalue weighted by molar-refractivity contribution is 0.100. The van der Waals surface area contributed by atoms with E-state index in [0.717, 1.165) is 31.5 Å². The van der Waals surface area contributed by atoms with Crippen LogP contribution < -0.4 is 11.1 Å². The summed E-state index contributed by atoms with van der Waals surface area (Å²) in [5.74, 6) is -0.386. The van der Waals surface area contributed by atoms with Crippen molar-refractivity contribution in [1.82, 2.24) is 15.1 Å². The minimum Gasteiger partial charge on any atom is -0.366 e. The van der Waals surface area contributed by atoms with E-state index in [2.05, 4.69) is 22.0 Å². The van der Waals surface area contributed by atoms with E-state index in [1.165, 1.54) is 17.7 Å². The minimum absolute atomic E-state index is 0.361. The van der Waals surface area contributed by atoms with Gasteiger partial charge in [0.15, 0.2) is 0 Å². The summed E-state index contributed by atoms with van der Waals surface area (Å²) in [4.78, 5) is 11.1. The maximum Gasteiger partial charge on any atom is 0.248 e. The summed E-state index contributed by atoms with van der Waals surface area (Å²) >= 11 is 0. The van der Waals surface area contributed by atoms with Crippen molar-refractivity contribution in [2.24, 2.45) is 5.73 Å². The van der Waals surface area contributed by atoms with Gasteiger partial charge in [0, 0.05) is 36.0 Å². The molecule has 0 aliphatic heterocycles. The Morgan fingerprint density at radius 1 is 1.41 bits per heavy atom. The second kappa shape index (κ2) is 6.32. The normalized spacial score (nSPS) is 17.2. The van der Waals surface area contributed by atoms with Crippen LogP contribution in [0.2, 0.25) is 0 Å². The van der Waals surface area contributed by atoms with Gasteiger partial charge >= 0.3 is 0 Å². The highest BCUT2D eigenvalue weighted by Gasteiger charge is 2.23. The fourth-order valence-electron chi connectivity index (χ4n) is 3.13. The van der Waals surface area contributed by atoms with Crippen LogP contribution in [0.15, 0.2) is 30.5 Å². The number of nitrogens with two attached hydrogens (primary N) is 1. The molecule has 2 aromatic rings. The van der Waals surface area contributed by atoms with Crippen molar-refractivity contribution >= 4 is 5.91 Å². The third-order valence-electron chi connectivity index (χ3n) is 4.35. The SMILES string of the molecule is CCn1ncc2c1CCCC2NCc1ccc(C(N)=O)cc1. The van der Waals surface area contributed by atoms with Crippen LogP contribution in [0.1, 0.15) is 53.0 Å². The molecule has 0 radical (unpaired) electrons. The number of hydrogen-bond donors (Lipinski definition) is 2. The number of fused-ring (bicyclic) bond motifs is 1. The van der Waals surface area contributed by atoms with E-state index >= 15 is 0 Å². The molecule has 0 fully saturated rings. The monoisotopic (exact) mass is 298 g/mol. The van der Waals surface area contributed by atoms with E-state index in [-0.39, 0.29) is 5.91 Å². The van der Waals surface area contributed by atoms with Gasteiger partial charge in [0.2, 0.25) is 5.91 Å². The Balaban J connectivity index is 1.67. The molecule has 1 aliphatic carbocycles. The van der Waals surface area contributed by atoms with Crippen LogP contribution in [0.3, 0.4) is 0 Å². The highest BCUT2D eigenvalue weighted by molar-refractivity contribution is 5.92. The highest BCUT2D eigenvalue weighted by Crippen LogP contribution is 2.29. The van der Waals surface area contributed by atoms with Crippen molar-refractivity contribution in [3.05, 3.63) is 52.8 Å². The van der Waals surface area contributed by atoms with E-state index in [1.54, 1.807) is 12.1 Å². The van der Waals surface area contributed by atoms with Gasteiger partial charge < -0.3 is 11.1 Å². The Labute approximate surface area is 130 Å². The Kier molecular flexibility index (Phi) is 4.24. The maximum atomic E-state index is 11.1. The molecule has 0 spiro atoms. The molecule has 116 valence electrons. The molecule has 1 aromatic heterocycles. The highest BCUT2D eigenvalue weighted by atomic mass is 16.1. The van der Waals surface area contributed by atoms with Gasteiger partial charge in [0.05, 0.1) is 6.20 Å². The molecule has 1 aromatic carbocycles. The molecular weight excluding hydrogens is 276 g/mol. The zero-order chi connectivity index (χ0) is 15.5. The number of aromatic nitrogens is 2. The van der Waals surface area contributed by atoms with Crippen LogP contribution in [0.4, 0.5) is 0 Å². The van der Waals surface area contributed by atoms with Crippen molar-refractivity contribution in [2.75, 3.05) is 0 Å². The Morgan fingerprint density at radius 2 is 2.18 bits per heavy atom. The third-order valence-corrected chi connectivity index (χ3v) is 4.35. The van der Waals surface area contributed by atoms with Crippen molar-refractivity contribution in [3.8, 4) is 0 Å². The predicted molar refractivity (Wildman–Crippen MR) is 85.4 cm³/mol. The summed E-state index contributed by atoms with van der Waals surface area (Å²) in [7, 11) is 0. The van der Waals surface area contributed by atoms with Crippen molar-refractivity contribution in [2.45, 2.75) is 45.3 Å². The van der Waals surface area contributed by atoms with Crippen LogP contribution in [0, 0.1) is 0 Å². The van der Waals surface area contributed by atoms with Gasteiger partial charge in [-0.05, 0) is 43.9 Å². The van der Waals surface area contributed by atoms with Crippen molar-refractivity contribution in [1.29, 1.82) is 0 Å². The fraction of sp³-hybridized carbons (Fsp3) is 0.412. The molecule has 1 aliphatic rings. The van der Waals surface area contributed by atoms with Crippen molar-refractivity contribution in [3.63, 3.8) is 0 Å². The van der Waals surface area contributed by atoms with Gasteiger partial charge in [-0.3, -0.25) is 9.48 Å².